The molecule has 3 heterocycles. The molecular weight excluding hydrogens is 643 g/mol. The van der Waals surface area contributed by atoms with E-state index in [2.05, 4.69) is 157 Å². The minimum atomic E-state index is -0.229. The number of aryl methyl sites for hydroxylation is 3. The molecule has 0 saturated carbocycles. The lowest BCUT2D eigenvalue weighted by atomic mass is 9.85. The number of rotatable bonds is 1. The van der Waals surface area contributed by atoms with Crippen LogP contribution in [-0.4, -0.2) is 19.8 Å². The van der Waals surface area contributed by atoms with E-state index < -0.39 is 0 Å². The standard InChI is InChI=1S/C14H16.C13H17N.C10H15NO2.C9H15NO/c1-14(2,3)13-9-8-11-6-4-5-7-12(11)10-13;1-13(2,3)11-9-14(4)12-8-6-5-7-10(11)12;1-10(2,3)8-7(6-12)4-5-11-9(8)13;1-6-8(9(3,4)5)7(2)11-10-6/h4-10H,1-3H3;5-9H,1-4H3;4-5,12H,6H2,1-3H3,(H,11,13);1-5H3. The fraction of sp³-hybridized carbons (Fsp3) is 0.435. The average molecular weight is 706 g/mol. The maximum Gasteiger partial charge on any atom is 0.252 e. The third-order valence-corrected chi connectivity index (χ3v) is 9.07. The number of benzene rings is 3. The Morgan fingerprint density at radius 3 is 1.77 bits per heavy atom. The average Bonchev–Trinajstić information content (AvgIpc) is 3.58. The number of nitrogens with zero attached hydrogens (tertiary/aromatic N) is 2. The second kappa shape index (κ2) is 16.5. The number of para-hydroxylation sites is 1. The number of aliphatic hydroxyl groups excluding tert-OH is 1. The number of aromatic amines is 1. The van der Waals surface area contributed by atoms with Gasteiger partial charge >= 0.3 is 0 Å². The molecule has 0 aliphatic rings. The van der Waals surface area contributed by atoms with Gasteiger partial charge in [0, 0.05) is 41.5 Å². The van der Waals surface area contributed by atoms with Gasteiger partial charge in [0.1, 0.15) is 5.76 Å². The number of aliphatic hydroxyl groups is 1. The summed E-state index contributed by atoms with van der Waals surface area (Å²) in [5.41, 5.74) is 8.02. The number of aromatic nitrogens is 3. The third kappa shape index (κ3) is 10.8. The van der Waals surface area contributed by atoms with E-state index in [1.54, 1.807) is 12.3 Å². The number of nitrogens with one attached hydrogen (secondary N) is 1. The second-order valence-electron chi connectivity index (χ2n) is 17.8. The monoisotopic (exact) mass is 705 g/mol. The lowest BCUT2D eigenvalue weighted by Gasteiger charge is -2.20. The summed E-state index contributed by atoms with van der Waals surface area (Å²) >= 11 is 0. The molecule has 0 fully saturated rings. The molecule has 0 aliphatic carbocycles. The highest BCUT2D eigenvalue weighted by molar-refractivity contribution is 5.85. The van der Waals surface area contributed by atoms with Crippen molar-refractivity contribution in [2.75, 3.05) is 0 Å². The van der Waals surface area contributed by atoms with Crippen LogP contribution < -0.4 is 5.56 Å². The lowest BCUT2D eigenvalue weighted by molar-refractivity contribution is 0.278. The maximum absolute atomic E-state index is 11.5. The Labute approximate surface area is 312 Å². The van der Waals surface area contributed by atoms with Crippen LogP contribution in [0.3, 0.4) is 0 Å². The molecule has 280 valence electrons. The predicted octanol–water partition coefficient (Wildman–Crippen LogP) is 11.4. The van der Waals surface area contributed by atoms with Gasteiger partial charge in [-0.3, -0.25) is 4.79 Å². The first-order valence-electron chi connectivity index (χ1n) is 18.3. The predicted molar refractivity (Wildman–Crippen MR) is 221 cm³/mol. The molecule has 3 aromatic carbocycles. The van der Waals surface area contributed by atoms with E-state index in [1.807, 2.05) is 34.6 Å². The SMILES string of the molecule is CC(C)(C)c1c(CO)cc[nH]c1=O.CC(C)(C)c1ccc2ccccc2c1.Cc1noc(C)c1C(C)(C)C.Cn1cc(C(C)(C)C)c2ccccc21. The first-order valence-corrected chi connectivity index (χ1v) is 18.3. The Hall–Kier alpha value is -4.42. The number of hydrogen-bond acceptors (Lipinski definition) is 4. The van der Waals surface area contributed by atoms with Gasteiger partial charge in [0.2, 0.25) is 0 Å². The zero-order chi connectivity index (χ0) is 39.2. The van der Waals surface area contributed by atoms with Gasteiger partial charge in [-0.25, -0.2) is 0 Å². The number of pyridine rings is 1. The number of hydrogen-bond donors (Lipinski definition) is 2. The van der Waals surface area contributed by atoms with Crippen molar-refractivity contribution in [3.63, 3.8) is 0 Å². The van der Waals surface area contributed by atoms with Crippen LogP contribution in [0.2, 0.25) is 0 Å². The molecule has 0 unspecified atom stereocenters. The normalized spacial score (nSPS) is 12.0. The van der Waals surface area contributed by atoms with Gasteiger partial charge in [-0.05, 0) is 75.1 Å². The van der Waals surface area contributed by atoms with E-state index in [9.17, 15) is 4.79 Å². The summed E-state index contributed by atoms with van der Waals surface area (Å²) in [5, 5.41) is 17.0. The Kier molecular flexibility index (Phi) is 13.3. The molecule has 0 saturated heterocycles. The van der Waals surface area contributed by atoms with Gasteiger partial charge in [-0.15, -0.1) is 0 Å². The van der Waals surface area contributed by atoms with Crippen LogP contribution in [0.1, 0.15) is 122 Å². The van der Waals surface area contributed by atoms with Crippen molar-refractivity contribution in [2.45, 2.75) is 125 Å². The van der Waals surface area contributed by atoms with Crippen molar-refractivity contribution in [3.8, 4) is 0 Å². The summed E-state index contributed by atoms with van der Waals surface area (Å²) in [6.45, 7) is 29.7. The molecule has 0 bridgehead atoms. The molecule has 6 nitrogen and oxygen atoms in total. The Morgan fingerprint density at radius 2 is 1.29 bits per heavy atom. The zero-order valence-corrected chi connectivity index (χ0v) is 34.4. The minimum absolute atomic E-state index is 0.0868. The van der Waals surface area contributed by atoms with Gasteiger partial charge in [0.05, 0.1) is 12.3 Å². The van der Waals surface area contributed by atoms with Crippen LogP contribution >= 0.6 is 0 Å². The smallest absolute Gasteiger partial charge is 0.252 e. The minimum Gasteiger partial charge on any atom is -0.392 e. The molecule has 52 heavy (non-hydrogen) atoms. The molecule has 6 rings (SSSR count). The molecule has 6 aromatic rings. The fourth-order valence-electron chi connectivity index (χ4n) is 6.62. The number of H-pyrrole nitrogens is 1. The van der Waals surface area contributed by atoms with E-state index in [-0.39, 0.29) is 33.8 Å². The van der Waals surface area contributed by atoms with Gasteiger partial charge in [-0.1, -0.05) is 149 Å². The molecule has 3 aromatic heterocycles. The van der Waals surface area contributed by atoms with Crippen molar-refractivity contribution < 1.29 is 9.63 Å². The van der Waals surface area contributed by atoms with Crippen molar-refractivity contribution in [1.82, 2.24) is 14.7 Å². The van der Waals surface area contributed by atoms with Crippen LogP contribution in [-0.2, 0) is 35.3 Å². The Morgan fingerprint density at radius 1 is 0.712 bits per heavy atom. The van der Waals surface area contributed by atoms with Gasteiger partial charge < -0.3 is 19.2 Å². The van der Waals surface area contributed by atoms with Crippen molar-refractivity contribution in [3.05, 3.63) is 135 Å². The third-order valence-electron chi connectivity index (χ3n) is 9.07. The highest BCUT2D eigenvalue weighted by Gasteiger charge is 2.23. The topological polar surface area (TPSA) is 84.0 Å². The van der Waals surface area contributed by atoms with E-state index in [0.29, 0.717) is 11.1 Å². The van der Waals surface area contributed by atoms with Crippen molar-refractivity contribution >= 4 is 21.7 Å². The molecule has 0 atom stereocenters. The van der Waals surface area contributed by atoms with Crippen LogP contribution in [0.4, 0.5) is 0 Å². The molecular formula is C46H63N3O3. The van der Waals surface area contributed by atoms with E-state index in [0.717, 1.165) is 11.5 Å². The van der Waals surface area contributed by atoms with Crippen LogP contribution in [0, 0.1) is 13.8 Å². The largest absolute Gasteiger partial charge is 0.392 e. The van der Waals surface area contributed by atoms with E-state index in [1.165, 1.54) is 38.4 Å². The first-order chi connectivity index (χ1) is 24.0. The highest BCUT2D eigenvalue weighted by atomic mass is 16.5. The summed E-state index contributed by atoms with van der Waals surface area (Å²) in [7, 11) is 2.11. The van der Waals surface area contributed by atoms with Crippen molar-refractivity contribution in [2.24, 2.45) is 7.05 Å². The molecule has 0 amide bonds. The molecule has 6 heteroatoms. The second-order valence-corrected chi connectivity index (χ2v) is 17.8. The molecule has 0 aliphatic heterocycles. The number of fused-ring (bicyclic) bond motifs is 2. The van der Waals surface area contributed by atoms with Crippen molar-refractivity contribution in [1.29, 1.82) is 0 Å². The van der Waals surface area contributed by atoms with Crippen LogP contribution in [0.25, 0.3) is 21.7 Å². The summed E-state index contributed by atoms with van der Waals surface area (Å²) in [5.74, 6) is 0.940. The fourth-order valence-corrected chi connectivity index (χ4v) is 6.62. The van der Waals surface area contributed by atoms with Gasteiger partial charge in [0.15, 0.2) is 0 Å². The van der Waals surface area contributed by atoms with Crippen LogP contribution in [0.15, 0.2) is 94.5 Å². The Balaban J connectivity index is 0.000000188. The summed E-state index contributed by atoms with van der Waals surface area (Å²) in [6, 6.07) is 25.5. The summed E-state index contributed by atoms with van der Waals surface area (Å²) < 4.78 is 7.28. The maximum atomic E-state index is 11.5. The van der Waals surface area contributed by atoms with Gasteiger partial charge in [0.25, 0.3) is 5.56 Å². The Bertz CT molecular complexity index is 2100. The zero-order valence-electron chi connectivity index (χ0n) is 34.4. The molecule has 2 N–H and O–H groups in total. The first kappa shape index (κ1) is 42.0. The quantitative estimate of drug-likeness (QED) is 0.178. The molecule has 0 radical (unpaired) electrons. The van der Waals surface area contributed by atoms with Gasteiger partial charge in [-0.2, -0.15) is 0 Å². The molecule has 0 spiro atoms. The lowest BCUT2D eigenvalue weighted by Crippen LogP contribution is -2.26. The van der Waals surface area contributed by atoms with E-state index in [4.69, 9.17) is 9.63 Å². The summed E-state index contributed by atoms with van der Waals surface area (Å²) in [4.78, 5) is 14.1. The summed E-state index contributed by atoms with van der Waals surface area (Å²) in [6.07, 6.45) is 3.80. The van der Waals surface area contributed by atoms with Crippen LogP contribution in [0.5, 0.6) is 0 Å². The van der Waals surface area contributed by atoms with E-state index >= 15 is 0 Å². The highest BCUT2D eigenvalue weighted by Crippen LogP contribution is 2.31.